The third kappa shape index (κ3) is 5.61. The highest BCUT2D eigenvalue weighted by molar-refractivity contribution is 6.01. The number of esters is 2. The lowest BCUT2D eigenvalue weighted by Crippen LogP contribution is -2.69. The van der Waals surface area contributed by atoms with E-state index in [0.29, 0.717) is 17.6 Å². The van der Waals surface area contributed by atoms with Gasteiger partial charge in [-0.3, -0.25) is 14.4 Å². The number of fused-ring (bicyclic) bond motifs is 5. The molecule has 4 aliphatic rings. The minimum Gasteiger partial charge on any atom is -0.460 e. The zero-order valence-electron chi connectivity index (χ0n) is 26.5. The van der Waals surface area contributed by atoms with Crippen molar-refractivity contribution in [1.29, 1.82) is 0 Å². The van der Waals surface area contributed by atoms with Gasteiger partial charge in [-0.1, -0.05) is 30.7 Å². The van der Waals surface area contributed by atoms with E-state index < -0.39 is 88.2 Å². The number of allylic oxidation sites excluding steroid dienone is 4. The first-order valence-electron chi connectivity index (χ1n) is 15.7. The van der Waals surface area contributed by atoms with Gasteiger partial charge in [0.05, 0.1) is 17.8 Å². The van der Waals surface area contributed by atoms with E-state index in [-0.39, 0.29) is 43.6 Å². The molecule has 260 valence electrons. The summed E-state index contributed by atoms with van der Waals surface area (Å²) in [5.41, 5.74) is -0.367. The number of benzene rings is 1. The summed E-state index contributed by atoms with van der Waals surface area (Å²) in [6.45, 7) is 1.38. The van der Waals surface area contributed by atoms with Crippen molar-refractivity contribution in [3.8, 4) is 0 Å². The van der Waals surface area contributed by atoms with Gasteiger partial charge in [0.15, 0.2) is 23.7 Å². The van der Waals surface area contributed by atoms with Crippen LogP contribution in [-0.2, 0) is 35.1 Å². The fourth-order valence-corrected chi connectivity index (χ4v) is 8.44. The zero-order chi connectivity index (χ0) is 35.2. The van der Waals surface area contributed by atoms with Gasteiger partial charge in [-0.25, -0.2) is 9.18 Å². The summed E-state index contributed by atoms with van der Waals surface area (Å²) in [6.07, 6.45) is 1.11. The first-order chi connectivity index (χ1) is 22.5. The first-order valence-corrected chi connectivity index (χ1v) is 15.7. The van der Waals surface area contributed by atoms with Crippen molar-refractivity contribution in [3.05, 3.63) is 69.3 Å². The molecule has 48 heavy (non-hydrogen) atoms. The fraction of sp³-hybridized carbons (Fsp3) is 0.576. The van der Waals surface area contributed by atoms with E-state index in [1.165, 1.54) is 37.3 Å². The van der Waals surface area contributed by atoms with Crippen molar-refractivity contribution < 1.29 is 58.3 Å². The molecule has 15 heteroatoms. The molecule has 1 unspecified atom stereocenters. The Labute approximate surface area is 274 Å². The Morgan fingerprint density at radius 3 is 2.48 bits per heavy atom. The average Bonchev–Trinajstić information content (AvgIpc) is 3.24. The Morgan fingerprint density at radius 1 is 1.12 bits per heavy atom. The summed E-state index contributed by atoms with van der Waals surface area (Å²) in [5.74, 6) is -4.87. The minimum absolute atomic E-state index is 0.115. The van der Waals surface area contributed by atoms with Gasteiger partial charge >= 0.3 is 11.9 Å². The van der Waals surface area contributed by atoms with Gasteiger partial charge in [-0.05, 0) is 74.8 Å². The highest BCUT2D eigenvalue weighted by Crippen LogP contribution is 2.69. The molecule has 5 rings (SSSR count). The molecule has 5 N–H and O–H groups in total. The summed E-state index contributed by atoms with van der Waals surface area (Å²) in [5, 5.41) is 43.7. The van der Waals surface area contributed by atoms with Crippen LogP contribution in [0.4, 0.5) is 4.39 Å². The second-order valence-corrected chi connectivity index (χ2v) is 13.5. The maximum absolute atomic E-state index is 17.3. The molecule has 3 saturated carbocycles. The molecule has 0 saturated heterocycles. The number of rotatable bonds is 11. The second kappa shape index (κ2) is 12.8. The molecule has 14 nitrogen and oxygen atoms in total. The molecule has 1 aromatic rings. The molecular formula is C33H39FN2O12. The van der Waals surface area contributed by atoms with E-state index in [0.717, 1.165) is 0 Å². The number of ketones is 2. The first kappa shape index (κ1) is 35.3. The monoisotopic (exact) mass is 674 g/mol. The van der Waals surface area contributed by atoms with Crippen LogP contribution in [0.5, 0.6) is 0 Å². The Morgan fingerprint density at radius 2 is 1.81 bits per heavy atom. The number of ether oxygens (including phenoxy) is 2. The third-order valence-electron chi connectivity index (χ3n) is 11.1. The Bertz CT molecular complexity index is 1560. The van der Waals surface area contributed by atoms with Crippen LogP contribution in [0.25, 0.3) is 0 Å². The molecule has 0 radical (unpaired) electrons. The normalized spacial score (nSPS) is 35.7. The van der Waals surface area contributed by atoms with Gasteiger partial charge < -0.3 is 35.4 Å². The van der Waals surface area contributed by atoms with Crippen molar-refractivity contribution >= 4 is 23.5 Å². The van der Waals surface area contributed by atoms with Crippen LogP contribution in [0.1, 0.15) is 55.5 Å². The smallest absolute Gasteiger partial charge is 0.338 e. The average molecular weight is 675 g/mol. The lowest BCUT2D eigenvalue weighted by molar-refractivity contribution is -0.757. The summed E-state index contributed by atoms with van der Waals surface area (Å²) in [6, 6.07) is 4.42. The number of halogens is 1. The molecule has 0 aliphatic heterocycles. The van der Waals surface area contributed by atoms with Gasteiger partial charge in [-0.15, -0.1) is 10.1 Å². The molecular weight excluding hydrogens is 635 g/mol. The number of hydrogen-bond donors (Lipinski definition) is 4. The number of aliphatic hydroxyl groups excluding tert-OH is 2. The second-order valence-electron chi connectivity index (χ2n) is 13.5. The molecule has 0 bridgehead atoms. The van der Waals surface area contributed by atoms with Crippen molar-refractivity contribution in [2.24, 2.45) is 28.4 Å². The number of Topliss-reactive ketones (excluding diaryl/α,β-unsaturated/α-hetero) is 1. The van der Waals surface area contributed by atoms with Crippen LogP contribution in [0.2, 0.25) is 0 Å². The van der Waals surface area contributed by atoms with E-state index in [1.54, 1.807) is 19.1 Å². The summed E-state index contributed by atoms with van der Waals surface area (Å²) in [7, 11) is 0. The minimum atomic E-state index is -2.49. The number of carbonyl (C=O) groups is 4. The van der Waals surface area contributed by atoms with E-state index in [2.05, 4.69) is 4.84 Å². The SMILES string of the molecule is C[C@]12C=CC(=O)C=C1CC[C@H]1[C@@H]3C[C@@H](O)[C@](O)(C(=O)COC(=O)C(N)COC(=O)c4ccc(CCO[N+](=O)[O-])cc4)[C@@]3(C)C[C@H](O)[C@@]12F. The molecule has 0 aromatic heterocycles. The summed E-state index contributed by atoms with van der Waals surface area (Å²) < 4.78 is 27.4. The van der Waals surface area contributed by atoms with Crippen LogP contribution in [-0.4, -0.2) is 93.3 Å². The summed E-state index contributed by atoms with van der Waals surface area (Å²) >= 11 is 0. The van der Waals surface area contributed by atoms with Gasteiger partial charge in [0, 0.05) is 16.7 Å². The van der Waals surface area contributed by atoms with Crippen LogP contribution >= 0.6 is 0 Å². The van der Waals surface area contributed by atoms with Gasteiger partial charge in [-0.2, -0.15) is 0 Å². The molecule has 0 heterocycles. The zero-order valence-corrected chi connectivity index (χ0v) is 26.5. The Kier molecular flexibility index (Phi) is 9.38. The molecule has 9 atom stereocenters. The highest BCUT2D eigenvalue weighted by Gasteiger charge is 2.76. The van der Waals surface area contributed by atoms with E-state index >= 15 is 4.39 Å². The van der Waals surface area contributed by atoms with Gasteiger partial charge in [0.1, 0.15) is 19.3 Å². The maximum atomic E-state index is 17.3. The number of aliphatic hydroxyl groups is 3. The van der Waals surface area contributed by atoms with Crippen LogP contribution in [0.3, 0.4) is 0 Å². The van der Waals surface area contributed by atoms with E-state index in [4.69, 9.17) is 15.2 Å². The Balaban J connectivity index is 1.20. The van der Waals surface area contributed by atoms with Gasteiger partial charge in [0.25, 0.3) is 5.09 Å². The standard InChI is InChI=1S/C33H39FN2O12/c1-30-11-9-21(37)13-20(30)7-8-22-23-14-25(38)33(43,31(23,2)15-26(39)32(22,30)34)27(40)17-47-29(42)24(35)16-46-28(41)19-5-3-18(4-6-19)10-12-48-36(44)45/h3-6,9,11,13,22-26,38-39,43H,7-8,10,12,14-17,35H2,1-2H3/t22-,23-,24?,25+,26-,30-,31-,32-,33-/m0/s1. The quantitative estimate of drug-likeness (QED) is 0.147. The number of hydrogen-bond acceptors (Lipinski definition) is 13. The molecule has 0 amide bonds. The predicted octanol–water partition coefficient (Wildman–Crippen LogP) is 1.11. The number of nitrogens with two attached hydrogens (primary N) is 1. The van der Waals surface area contributed by atoms with Crippen molar-refractivity contribution in [2.75, 3.05) is 19.8 Å². The molecule has 1 aromatic carbocycles. The Hall–Kier alpha value is -4.05. The van der Waals surface area contributed by atoms with Crippen LogP contribution in [0.15, 0.2) is 48.1 Å². The molecule has 0 spiro atoms. The predicted molar refractivity (Wildman–Crippen MR) is 162 cm³/mol. The van der Waals surface area contributed by atoms with Crippen LogP contribution in [0, 0.1) is 32.8 Å². The molecule has 3 fully saturated rings. The van der Waals surface area contributed by atoms with Crippen molar-refractivity contribution in [3.63, 3.8) is 0 Å². The van der Waals surface area contributed by atoms with Gasteiger partial charge in [0.2, 0.25) is 5.78 Å². The topological polar surface area (TPSA) is 226 Å². The lowest BCUT2D eigenvalue weighted by atomic mass is 9.44. The van der Waals surface area contributed by atoms with Crippen LogP contribution < -0.4 is 5.73 Å². The van der Waals surface area contributed by atoms with E-state index in [9.17, 15) is 44.6 Å². The highest BCUT2D eigenvalue weighted by atomic mass is 19.1. The van der Waals surface area contributed by atoms with E-state index in [1.807, 2.05) is 0 Å². The van der Waals surface area contributed by atoms with Crippen molar-refractivity contribution in [2.45, 2.75) is 75.5 Å². The fourth-order valence-electron chi connectivity index (χ4n) is 8.44. The number of carbonyl (C=O) groups excluding carboxylic acids is 4. The number of alkyl halides is 1. The number of nitrogens with zero attached hydrogens (tertiary/aromatic N) is 1. The van der Waals surface area contributed by atoms with Crippen molar-refractivity contribution in [1.82, 2.24) is 0 Å². The maximum Gasteiger partial charge on any atom is 0.338 e. The lowest BCUT2D eigenvalue weighted by Gasteiger charge is -2.62. The summed E-state index contributed by atoms with van der Waals surface area (Å²) in [4.78, 5) is 65.1. The largest absolute Gasteiger partial charge is 0.460 e. The molecule has 4 aliphatic carbocycles. The third-order valence-corrected chi connectivity index (χ3v) is 11.1.